The zero-order valence-electron chi connectivity index (χ0n) is 11.1. The van der Waals surface area contributed by atoms with Gasteiger partial charge in [0.15, 0.2) is 5.11 Å². The van der Waals surface area contributed by atoms with E-state index in [2.05, 4.69) is 47.0 Å². The average molecular weight is 292 g/mol. The largest absolute Gasteiger partial charge is 0.328 e. The molecule has 102 valence electrons. The van der Waals surface area contributed by atoms with Gasteiger partial charge in [-0.25, -0.2) is 0 Å². The molecule has 1 aliphatic carbocycles. The van der Waals surface area contributed by atoms with E-state index in [9.17, 15) is 4.79 Å². The van der Waals surface area contributed by atoms with Gasteiger partial charge in [-0.1, -0.05) is 42.5 Å². The van der Waals surface area contributed by atoms with Gasteiger partial charge in [-0.05, 0) is 52.5 Å². The van der Waals surface area contributed by atoms with Gasteiger partial charge in [0.25, 0.3) is 5.91 Å². The number of hydrogen-bond donors (Lipinski definition) is 2. The maximum atomic E-state index is 11.7. The molecule has 4 heteroatoms. The van der Waals surface area contributed by atoms with Crippen LogP contribution in [0, 0.1) is 0 Å². The predicted octanol–water partition coefficient (Wildman–Crippen LogP) is 2.60. The standard InChI is InChI=1S/C17H12N2OS/c20-16-15(18-17(21)19-16)8-10-5-6-14-12(7-10)9-11-3-1-2-4-13(11)14/h1-8H,9H2,(H2,18,19,20,21). The first kappa shape index (κ1) is 12.3. The fourth-order valence-corrected chi connectivity index (χ4v) is 3.11. The van der Waals surface area contributed by atoms with E-state index in [1.807, 2.05) is 12.1 Å². The Kier molecular flexibility index (Phi) is 2.65. The van der Waals surface area contributed by atoms with Crippen LogP contribution in [0.5, 0.6) is 0 Å². The van der Waals surface area contributed by atoms with Crippen molar-refractivity contribution in [2.24, 2.45) is 0 Å². The summed E-state index contributed by atoms with van der Waals surface area (Å²) in [7, 11) is 0. The van der Waals surface area contributed by atoms with Gasteiger partial charge in [0.2, 0.25) is 0 Å². The Morgan fingerprint density at radius 2 is 1.81 bits per heavy atom. The summed E-state index contributed by atoms with van der Waals surface area (Å²) in [5, 5.41) is 5.80. The minimum Gasteiger partial charge on any atom is -0.328 e. The summed E-state index contributed by atoms with van der Waals surface area (Å²) in [6.07, 6.45) is 2.78. The zero-order valence-corrected chi connectivity index (χ0v) is 12.0. The second-order valence-electron chi connectivity index (χ2n) is 5.22. The highest BCUT2D eigenvalue weighted by molar-refractivity contribution is 7.80. The van der Waals surface area contributed by atoms with Crippen LogP contribution in [0.1, 0.15) is 16.7 Å². The lowest BCUT2D eigenvalue weighted by molar-refractivity contribution is -0.115. The van der Waals surface area contributed by atoms with E-state index < -0.39 is 0 Å². The Hall–Kier alpha value is -2.46. The van der Waals surface area contributed by atoms with Crippen molar-refractivity contribution >= 4 is 29.3 Å². The van der Waals surface area contributed by atoms with Crippen molar-refractivity contribution in [1.82, 2.24) is 10.6 Å². The third-order valence-electron chi connectivity index (χ3n) is 3.85. The molecule has 0 unspecified atom stereocenters. The number of thiocarbonyl (C=S) groups is 1. The number of hydrogen-bond acceptors (Lipinski definition) is 2. The molecule has 4 rings (SSSR count). The van der Waals surface area contributed by atoms with E-state index in [-0.39, 0.29) is 5.91 Å². The van der Waals surface area contributed by atoms with Crippen LogP contribution in [-0.2, 0) is 11.2 Å². The van der Waals surface area contributed by atoms with Crippen molar-refractivity contribution in [3.63, 3.8) is 0 Å². The molecule has 2 N–H and O–H groups in total. The number of benzene rings is 2. The highest BCUT2D eigenvalue weighted by Gasteiger charge is 2.21. The lowest BCUT2D eigenvalue weighted by Gasteiger charge is -2.03. The van der Waals surface area contributed by atoms with Gasteiger partial charge in [-0.15, -0.1) is 0 Å². The van der Waals surface area contributed by atoms with Crippen LogP contribution in [0.4, 0.5) is 0 Å². The molecule has 0 spiro atoms. The van der Waals surface area contributed by atoms with Crippen molar-refractivity contribution in [1.29, 1.82) is 0 Å². The van der Waals surface area contributed by atoms with Crippen molar-refractivity contribution in [2.75, 3.05) is 0 Å². The Labute approximate surface area is 127 Å². The maximum absolute atomic E-state index is 11.7. The van der Waals surface area contributed by atoms with Crippen molar-refractivity contribution < 1.29 is 4.79 Å². The molecular formula is C17H12N2OS. The molecule has 1 heterocycles. The number of fused-ring (bicyclic) bond motifs is 3. The first-order valence-electron chi connectivity index (χ1n) is 6.76. The second kappa shape index (κ2) is 4.53. The summed E-state index contributed by atoms with van der Waals surface area (Å²) in [5.74, 6) is -0.177. The van der Waals surface area contributed by atoms with Gasteiger partial charge >= 0.3 is 0 Å². The van der Waals surface area contributed by atoms with Crippen molar-refractivity contribution in [3.8, 4) is 11.1 Å². The van der Waals surface area contributed by atoms with E-state index in [1.165, 1.54) is 22.3 Å². The first-order chi connectivity index (χ1) is 10.2. The second-order valence-corrected chi connectivity index (χ2v) is 5.63. The Morgan fingerprint density at radius 3 is 2.62 bits per heavy atom. The van der Waals surface area contributed by atoms with Crippen LogP contribution in [0.25, 0.3) is 17.2 Å². The average Bonchev–Trinajstić information content (AvgIpc) is 2.98. The van der Waals surface area contributed by atoms with Gasteiger partial charge < -0.3 is 5.32 Å². The van der Waals surface area contributed by atoms with Crippen LogP contribution < -0.4 is 10.6 Å². The summed E-state index contributed by atoms with van der Waals surface area (Å²) < 4.78 is 0. The fourth-order valence-electron chi connectivity index (χ4n) is 2.90. The van der Waals surface area contributed by atoms with Gasteiger partial charge in [0.05, 0.1) is 0 Å². The molecule has 0 saturated carbocycles. The summed E-state index contributed by atoms with van der Waals surface area (Å²) in [6.45, 7) is 0. The molecule has 1 fully saturated rings. The molecule has 21 heavy (non-hydrogen) atoms. The molecule has 0 radical (unpaired) electrons. The first-order valence-corrected chi connectivity index (χ1v) is 7.17. The van der Waals surface area contributed by atoms with Crippen molar-refractivity contribution in [2.45, 2.75) is 6.42 Å². The van der Waals surface area contributed by atoms with Crippen LogP contribution in [0.15, 0.2) is 48.2 Å². The highest BCUT2D eigenvalue weighted by atomic mass is 32.1. The lowest BCUT2D eigenvalue weighted by atomic mass is 10.0. The number of carbonyl (C=O) groups excluding carboxylic acids is 1. The molecule has 2 aliphatic rings. The summed E-state index contributed by atoms with van der Waals surface area (Å²) in [4.78, 5) is 11.7. The summed E-state index contributed by atoms with van der Waals surface area (Å²) in [6, 6.07) is 14.8. The van der Waals surface area contributed by atoms with Crippen LogP contribution in [0.3, 0.4) is 0 Å². The number of rotatable bonds is 1. The van der Waals surface area contributed by atoms with Gasteiger partial charge in [-0.3, -0.25) is 10.1 Å². The Bertz CT molecular complexity index is 823. The van der Waals surface area contributed by atoms with Gasteiger partial charge in [0.1, 0.15) is 5.70 Å². The van der Waals surface area contributed by atoms with Gasteiger partial charge in [0, 0.05) is 0 Å². The lowest BCUT2D eigenvalue weighted by Crippen LogP contribution is -2.21. The molecule has 0 bridgehead atoms. The van der Waals surface area contributed by atoms with E-state index in [0.29, 0.717) is 10.8 Å². The molecule has 1 saturated heterocycles. The SMILES string of the molecule is O=C1NC(=S)NC1=Cc1ccc2c(c1)Cc1ccccc1-2. The normalized spacial score (nSPS) is 17.4. The number of carbonyl (C=O) groups is 1. The van der Waals surface area contributed by atoms with Crippen LogP contribution in [0.2, 0.25) is 0 Å². The molecule has 2 aromatic carbocycles. The quantitative estimate of drug-likeness (QED) is 0.535. The highest BCUT2D eigenvalue weighted by Crippen LogP contribution is 2.36. The zero-order chi connectivity index (χ0) is 14.4. The third-order valence-corrected chi connectivity index (χ3v) is 4.05. The molecule has 2 aromatic rings. The van der Waals surface area contributed by atoms with Gasteiger partial charge in [-0.2, -0.15) is 0 Å². The number of nitrogens with one attached hydrogen (secondary N) is 2. The molecule has 1 aliphatic heterocycles. The predicted molar refractivity (Wildman–Crippen MR) is 86.5 cm³/mol. The minimum atomic E-state index is -0.177. The summed E-state index contributed by atoms with van der Waals surface area (Å²) in [5.41, 5.74) is 6.75. The maximum Gasteiger partial charge on any atom is 0.273 e. The van der Waals surface area contributed by atoms with Crippen molar-refractivity contribution in [3.05, 3.63) is 64.9 Å². The molecule has 3 nitrogen and oxygen atoms in total. The topological polar surface area (TPSA) is 41.1 Å². The molecule has 1 amide bonds. The van der Waals surface area contributed by atoms with E-state index in [4.69, 9.17) is 12.2 Å². The van der Waals surface area contributed by atoms with E-state index in [1.54, 1.807) is 0 Å². The van der Waals surface area contributed by atoms with E-state index in [0.717, 1.165) is 12.0 Å². The molecule has 0 aromatic heterocycles. The number of amides is 1. The van der Waals surface area contributed by atoms with Crippen LogP contribution in [-0.4, -0.2) is 11.0 Å². The summed E-state index contributed by atoms with van der Waals surface area (Å²) >= 11 is 4.93. The fraction of sp³-hybridized carbons (Fsp3) is 0.0588. The molecule has 0 atom stereocenters. The van der Waals surface area contributed by atoms with Crippen LogP contribution >= 0.6 is 12.2 Å². The Morgan fingerprint density at radius 1 is 1.00 bits per heavy atom. The smallest absolute Gasteiger partial charge is 0.273 e. The van der Waals surface area contributed by atoms with E-state index >= 15 is 0 Å². The monoisotopic (exact) mass is 292 g/mol. The molecular weight excluding hydrogens is 280 g/mol. The Balaban J connectivity index is 1.72. The minimum absolute atomic E-state index is 0.177. The third kappa shape index (κ3) is 2.04.